The molecule has 1 fully saturated rings. The molecule has 2 atom stereocenters. The molecule has 2 unspecified atom stereocenters. The van der Waals surface area contributed by atoms with Gasteiger partial charge in [-0.05, 0) is 41.8 Å². The summed E-state index contributed by atoms with van der Waals surface area (Å²) >= 11 is 1.40. The molecule has 1 saturated heterocycles. The number of nitrogens with zero attached hydrogens (tertiary/aromatic N) is 2. The summed E-state index contributed by atoms with van der Waals surface area (Å²) in [6, 6.07) is 13.5. The van der Waals surface area contributed by atoms with Crippen LogP contribution in [0.25, 0.3) is 6.08 Å². The van der Waals surface area contributed by atoms with E-state index in [4.69, 9.17) is 10.5 Å². The molecule has 0 saturated carbocycles. The largest absolute Gasteiger partial charge is 0.443 e. The Bertz CT molecular complexity index is 1570. The number of carbonyl (C=O) groups is 1. The molecule has 3 aromatic rings. The van der Waals surface area contributed by atoms with Gasteiger partial charge in [-0.15, -0.1) is 11.3 Å². The quantitative estimate of drug-likeness (QED) is 0.222. The van der Waals surface area contributed by atoms with Crippen LogP contribution in [0.3, 0.4) is 0 Å². The summed E-state index contributed by atoms with van der Waals surface area (Å²) in [4.78, 5) is 18.3. The van der Waals surface area contributed by atoms with Crippen LogP contribution in [0.1, 0.15) is 17.4 Å². The summed E-state index contributed by atoms with van der Waals surface area (Å²) in [5, 5.41) is 10.5. The van der Waals surface area contributed by atoms with Gasteiger partial charge in [0.05, 0.1) is 17.7 Å². The lowest BCUT2D eigenvalue weighted by Gasteiger charge is -2.38. The smallest absolute Gasteiger partial charge is 0.319 e. The van der Waals surface area contributed by atoms with Crippen LogP contribution in [0.4, 0.5) is 21.5 Å². The van der Waals surface area contributed by atoms with Crippen LogP contribution in [0.2, 0.25) is 0 Å². The number of rotatable bonds is 9. The molecule has 1 amide bonds. The molecule has 13 heteroatoms. The molecule has 0 bridgehead atoms. The van der Waals surface area contributed by atoms with Crippen LogP contribution in [0.5, 0.6) is 5.75 Å². The van der Waals surface area contributed by atoms with E-state index in [0.717, 1.165) is 5.69 Å². The average molecular weight is 585 g/mol. The first-order valence-electron chi connectivity index (χ1n) is 12.6. The second kappa shape index (κ2) is 11.3. The predicted molar refractivity (Wildman–Crippen MR) is 157 cm³/mol. The Balaban J connectivity index is 1.51. The van der Waals surface area contributed by atoms with E-state index in [2.05, 4.69) is 20.9 Å². The predicted octanol–water partition coefficient (Wildman–Crippen LogP) is 3.31. The number of hydrogen-bond donors (Lipinski definition) is 4. The summed E-state index contributed by atoms with van der Waals surface area (Å²) in [6.45, 7) is 2.70. The monoisotopic (exact) mass is 584 g/mol. The van der Waals surface area contributed by atoms with Crippen molar-refractivity contribution in [3.8, 4) is 5.75 Å². The molecule has 40 heavy (non-hydrogen) atoms. The lowest BCUT2D eigenvalue weighted by atomic mass is 10.1. The summed E-state index contributed by atoms with van der Waals surface area (Å²) in [6.07, 6.45) is 4.28. The van der Waals surface area contributed by atoms with E-state index < -0.39 is 32.8 Å². The van der Waals surface area contributed by atoms with Crippen molar-refractivity contribution in [2.75, 3.05) is 40.9 Å². The number of aliphatic imine (C=N–C) groups is 1. The van der Waals surface area contributed by atoms with Crippen molar-refractivity contribution in [1.29, 1.82) is 0 Å². The van der Waals surface area contributed by atoms with Gasteiger partial charge in [0.1, 0.15) is 21.8 Å². The molecule has 2 aliphatic heterocycles. The molecule has 10 nitrogen and oxygen atoms in total. The number of primary amides is 1. The second-order valence-corrected chi connectivity index (χ2v) is 12.5. The number of anilines is 3. The number of para-hydroxylation sites is 1. The summed E-state index contributed by atoms with van der Waals surface area (Å²) in [7, 11) is -3.45. The molecule has 0 aliphatic carbocycles. The minimum Gasteiger partial charge on any atom is -0.443 e. The Kier molecular flexibility index (Phi) is 7.79. The number of benzene rings is 2. The molecule has 1 aromatic heterocycles. The van der Waals surface area contributed by atoms with Crippen molar-refractivity contribution in [2.45, 2.75) is 18.1 Å². The van der Waals surface area contributed by atoms with Gasteiger partial charge in [0.15, 0.2) is 9.84 Å². The number of amides is 1. The molecule has 0 radical (unpaired) electrons. The maximum Gasteiger partial charge on any atom is 0.319 e. The van der Waals surface area contributed by atoms with Crippen LogP contribution in [-0.4, -0.2) is 51.4 Å². The third kappa shape index (κ3) is 5.53. The Labute approximate surface area is 235 Å². The highest BCUT2D eigenvalue weighted by Crippen LogP contribution is 2.42. The van der Waals surface area contributed by atoms with Gasteiger partial charge in [0.25, 0.3) is 0 Å². The van der Waals surface area contributed by atoms with Crippen molar-refractivity contribution in [1.82, 2.24) is 5.32 Å². The van der Waals surface area contributed by atoms with E-state index in [9.17, 15) is 13.2 Å². The standard InChI is InChI=1S/C27H29FN6O4S2/c1-2-40(36,37)25-16-30-12-13-34(25)22-9-8-19(15-20(22)28)33-27(26-21(11-14-39-26)31-17-32-27)38-23-6-4-3-5-18(23)7-10-24(29)35/h3-11,14-15,17,25,30,33H,2,12-13,16H2,1H3,(H2,29,35)(H,31,32). The fourth-order valence-electron chi connectivity index (χ4n) is 4.65. The Morgan fingerprint density at radius 1 is 1.32 bits per heavy atom. The number of sulfone groups is 1. The zero-order valence-corrected chi connectivity index (χ0v) is 23.3. The zero-order valence-electron chi connectivity index (χ0n) is 21.6. The number of nitrogens with two attached hydrogens (primary N) is 1. The van der Waals surface area contributed by atoms with Crippen molar-refractivity contribution < 1.29 is 22.3 Å². The number of halogens is 1. The SMILES string of the molecule is CCS(=O)(=O)C1CNCCN1c1ccc(NC2(Oc3ccccc3C=CC(N)=O)N=CNc3ccsc32)cc1F. The van der Waals surface area contributed by atoms with Crippen molar-refractivity contribution in [2.24, 2.45) is 10.7 Å². The number of hydrogen-bond acceptors (Lipinski definition) is 10. The molecule has 210 valence electrons. The Morgan fingerprint density at radius 3 is 2.92 bits per heavy atom. The van der Waals surface area contributed by atoms with Crippen LogP contribution < -0.4 is 31.3 Å². The van der Waals surface area contributed by atoms with Crippen molar-refractivity contribution in [3.05, 3.63) is 76.2 Å². The average Bonchev–Trinajstić information content (AvgIpc) is 3.43. The van der Waals surface area contributed by atoms with Gasteiger partial charge in [0, 0.05) is 42.7 Å². The van der Waals surface area contributed by atoms with Gasteiger partial charge in [-0.2, -0.15) is 0 Å². The fraction of sp³-hybridized carbons (Fsp3) is 0.259. The molecule has 0 spiro atoms. The highest BCUT2D eigenvalue weighted by atomic mass is 32.2. The second-order valence-electron chi connectivity index (χ2n) is 9.18. The van der Waals surface area contributed by atoms with E-state index in [1.54, 1.807) is 54.3 Å². The summed E-state index contributed by atoms with van der Waals surface area (Å²) < 4.78 is 47.6. The Morgan fingerprint density at radius 2 is 2.15 bits per heavy atom. The van der Waals surface area contributed by atoms with Gasteiger partial charge in [0.2, 0.25) is 5.91 Å². The molecule has 2 aliphatic rings. The molecular formula is C27H29FN6O4S2. The Hall–Kier alpha value is -3.94. The van der Waals surface area contributed by atoms with Gasteiger partial charge >= 0.3 is 5.85 Å². The van der Waals surface area contributed by atoms with Gasteiger partial charge in [-0.25, -0.2) is 17.8 Å². The number of thiophene rings is 1. The van der Waals surface area contributed by atoms with Gasteiger partial charge < -0.3 is 31.3 Å². The fourth-order valence-corrected chi connectivity index (χ4v) is 6.91. The van der Waals surface area contributed by atoms with Crippen LogP contribution >= 0.6 is 11.3 Å². The van der Waals surface area contributed by atoms with E-state index in [-0.39, 0.29) is 18.0 Å². The number of piperazine rings is 1. The molecular weight excluding hydrogens is 555 g/mol. The van der Waals surface area contributed by atoms with E-state index in [0.29, 0.717) is 35.0 Å². The van der Waals surface area contributed by atoms with Crippen LogP contribution in [0, 0.1) is 5.82 Å². The normalized spacial score (nSPS) is 20.6. The number of nitrogens with one attached hydrogen (secondary N) is 3. The zero-order chi connectivity index (χ0) is 28.3. The van der Waals surface area contributed by atoms with E-state index >= 15 is 4.39 Å². The highest BCUT2D eigenvalue weighted by Gasteiger charge is 2.41. The number of ether oxygens (including phenoxy) is 1. The third-order valence-corrected chi connectivity index (χ3v) is 9.69. The molecule has 5 rings (SSSR count). The highest BCUT2D eigenvalue weighted by molar-refractivity contribution is 7.92. The molecule has 2 aromatic carbocycles. The molecule has 3 heterocycles. The lowest BCUT2D eigenvalue weighted by molar-refractivity contribution is -0.113. The third-order valence-electron chi connectivity index (χ3n) is 6.63. The van der Waals surface area contributed by atoms with Crippen LogP contribution in [-0.2, 0) is 20.5 Å². The first-order chi connectivity index (χ1) is 19.2. The maximum absolute atomic E-state index is 15.6. The summed E-state index contributed by atoms with van der Waals surface area (Å²) in [5.41, 5.74) is 7.23. The lowest BCUT2D eigenvalue weighted by Crippen LogP contribution is -2.55. The number of carbonyl (C=O) groups excluding carboxylic acids is 1. The van der Waals surface area contributed by atoms with Crippen LogP contribution in [0.15, 0.2) is 65.0 Å². The van der Waals surface area contributed by atoms with Gasteiger partial charge in [-0.3, -0.25) is 4.79 Å². The molecule has 5 N–H and O–H groups in total. The van der Waals surface area contributed by atoms with E-state index in [1.165, 1.54) is 29.8 Å². The topological polar surface area (TPSA) is 138 Å². The first-order valence-corrected chi connectivity index (χ1v) is 15.2. The van der Waals surface area contributed by atoms with Crippen molar-refractivity contribution in [3.63, 3.8) is 0 Å². The number of fused-ring (bicyclic) bond motifs is 1. The minimum absolute atomic E-state index is 0.0394. The summed E-state index contributed by atoms with van der Waals surface area (Å²) in [5.74, 6) is -2.27. The minimum atomic E-state index is -3.45. The first kappa shape index (κ1) is 27.6. The van der Waals surface area contributed by atoms with Gasteiger partial charge in [-0.1, -0.05) is 25.1 Å². The maximum atomic E-state index is 15.6. The van der Waals surface area contributed by atoms with E-state index in [1.807, 2.05) is 11.4 Å². The van der Waals surface area contributed by atoms with Crippen molar-refractivity contribution >= 4 is 56.6 Å².